The summed E-state index contributed by atoms with van der Waals surface area (Å²) in [5.74, 6) is 0.386. The predicted octanol–water partition coefficient (Wildman–Crippen LogP) is 4.84. The van der Waals surface area contributed by atoms with Gasteiger partial charge in [0.2, 0.25) is 0 Å². The summed E-state index contributed by atoms with van der Waals surface area (Å²) in [5, 5.41) is 12.0. The largest absolute Gasteiger partial charge is 0.367 e. The number of benzene rings is 1. The van der Waals surface area contributed by atoms with Gasteiger partial charge in [-0.15, -0.1) is 0 Å². The molecule has 0 saturated carbocycles. The van der Waals surface area contributed by atoms with Crippen LogP contribution in [0, 0.1) is 11.3 Å². The molecule has 1 aromatic heterocycles. The fourth-order valence-corrected chi connectivity index (χ4v) is 3.71. The highest BCUT2D eigenvalue weighted by Gasteiger charge is 2.51. The van der Waals surface area contributed by atoms with Crippen LogP contribution in [0.5, 0.6) is 0 Å². The van der Waals surface area contributed by atoms with Crippen molar-refractivity contribution >= 4 is 23.4 Å². The van der Waals surface area contributed by atoms with Gasteiger partial charge in [0.25, 0.3) is 5.91 Å². The summed E-state index contributed by atoms with van der Waals surface area (Å²) >= 11 is 0. The number of hydrogen-bond acceptors (Lipinski definition) is 5. The molecule has 1 N–H and O–H groups in total. The van der Waals surface area contributed by atoms with Crippen LogP contribution in [-0.4, -0.2) is 33.4 Å². The predicted molar refractivity (Wildman–Crippen MR) is 125 cm³/mol. The molecule has 3 rings (SSSR count). The number of hydrogen-bond donors (Lipinski definition) is 1. The second kappa shape index (κ2) is 8.62. The highest BCUT2D eigenvalue weighted by atomic mass is 16.2. The molecule has 3 amide bonds. The Morgan fingerprint density at radius 2 is 1.81 bits per heavy atom. The number of carbonyl (C=O) groups is 2. The number of pyridine rings is 1. The molecule has 2 heterocycles. The summed E-state index contributed by atoms with van der Waals surface area (Å²) in [7, 11) is 0. The van der Waals surface area contributed by atoms with E-state index in [4.69, 9.17) is 5.26 Å². The third-order valence-corrected chi connectivity index (χ3v) is 5.77. The summed E-state index contributed by atoms with van der Waals surface area (Å²) in [6.45, 7) is 12.1. The van der Waals surface area contributed by atoms with Gasteiger partial charge >= 0.3 is 6.03 Å². The molecule has 1 aliphatic rings. The molecular formula is C25H31N5O2. The molecular weight excluding hydrogens is 402 g/mol. The van der Waals surface area contributed by atoms with E-state index >= 15 is 0 Å². The number of amides is 3. The fourth-order valence-electron chi connectivity index (χ4n) is 3.71. The Kier molecular flexibility index (Phi) is 6.27. The molecule has 1 atom stereocenters. The van der Waals surface area contributed by atoms with Gasteiger partial charge in [-0.1, -0.05) is 32.9 Å². The molecule has 0 aliphatic carbocycles. The number of nitrogens with one attached hydrogen (secondary N) is 1. The molecule has 7 heteroatoms. The Labute approximate surface area is 190 Å². The third kappa shape index (κ3) is 4.59. The van der Waals surface area contributed by atoms with E-state index in [0.29, 0.717) is 17.9 Å². The van der Waals surface area contributed by atoms with Gasteiger partial charge in [0, 0.05) is 18.8 Å². The number of nitrogens with zero attached hydrogens (tertiary/aromatic N) is 4. The maximum Gasteiger partial charge on any atom is 0.332 e. The van der Waals surface area contributed by atoms with E-state index in [1.165, 1.54) is 4.90 Å². The minimum Gasteiger partial charge on any atom is -0.367 e. The molecule has 1 fully saturated rings. The number of aromatic nitrogens is 1. The zero-order valence-electron chi connectivity index (χ0n) is 19.6. The van der Waals surface area contributed by atoms with Crippen LogP contribution in [0.1, 0.15) is 59.1 Å². The Morgan fingerprint density at radius 1 is 1.16 bits per heavy atom. The summed E-state index contributed by atoms with van der Waals surface area (Å²) in [6.07, 6.45) is 2.02. The van der Waals surface area contributed by atoms with Crippen molar-refractivity contribution in [3.63, 3.8) is 0 Å². The summed E-state index contributed by atoms with van der Waals surface area (Å²) < 4.78 is 0. The molecule has 168 valence electrons. The van der Waals surface area contributed by atoms with Crippen molar-refractivity contribution in [1.29, 1.82) is 5.26 Å². The molecule has 1 saturated heterocycles. The van der Waals surface area contributed by atoms with Crippen molar-refractivity contribution in [3.05, 3.63) is 53.7 Å². The summed E-state index contributed by atoms with van der Waals surface area (Å²) in [5.41, 5.74) is 1.57. The van der Waals surface area contributed by atoms with Crippen molar-refractivity contribution in [2.75, 3.05) is 10.2 Å². The zero-order valence-corrected chi connectivity index (χ0v) is 19.6. The van der Waals surface area contributed by atoms with Crippen LogP contribution in [0.2, 0.25) is 0 Å². The van der Waals surface area contributed by atoms with E-state index in [1.807, 2.05) is 43.3 Å². The average Bonchev–Trinajstić information content (AvgIpc) is 2.87. The lowest BCUT2D eigenvalue weighted by molar-refractivity contribution is -0.123. The second-order valence-corrected chi connectivity index (χ2v) is 9.82. The third-order valence-electron chi connectivity index (χ3n) is 5.77. The molecule has 1 aliphatic heterocycles. The first-order chi connectivity index (χ1) is 14.9. The lowest BCUT2D eigenvalue weighted by Gasteiger charge is -2.27. The minimum atomic E-state index is -0.981. The van der Waals surface area contributed by atoms with E-state index in [0.717, 1.165) is 11.1 Å². The first-order valence-electron chi connectivity index (χ1n) is 10.8. The Balaban J connectivity index is 1.84. The smallest absolute Gasteiger partial charge is 0.332 e. The standard InChI is InChI=1S/C25H31N5O2/c1-17(11-13-26)28-21-15-18(12-14-27-21)16-29-23(32)30(22(31)25(29,5)6)20-9-7-19(8-10-20)24(2,3)4/h7-10,12,14-15,17H,11,16H2,1-6H3,(H,27,28)/t17-/m0/s1. The molecule has 0 radical (unpaired) electrons. The SMILES string of the molecule is C[C@@H](CC#N)Nc1cc(CN2C(=O)N(c3ccc(C(C)(C)C)cc3)C(=O)C2(C)C)ccn1. The molecule has 0 unspecified atom stereocenters. The Hall–Kier alpha value is -3.40. The Morgan fingerprint density at radius 3 is 2.41 bits per heavy atom. The van der Waals surface area contributed by atoms with Crippen LogP contribution in [0.15, 0.2) is 42.6 Å². The van der Waals surface area contributed by atoms with Gasteiger partial charge in [0.1, 0.15) is 11.4 Å². The van der Waals surface area contributed by atoms with Crippen molar-refractivity contribution in [3.8, 4) is 6.07 Å². The van der Waals surface area contributed by atoms with Gasteiger partial charge in [0.05, 0.1) is 18.2 Å². The van der Waals surface area contributed by atoms with Crippen LogP contribution < -0.4 is 10.2 Å². The first-order valence-corrected chi connectivity index (χ1v) is 10.8. The number of nitriles is 1. The topological polar surface area (TPSA) is 89.3 Å². The molecule has 0 bridgehead atoms. The normalized spacial score (nSPS) is 16.8. The number of carbonyl (C=O) groups excluding carboxylic acids is 2. The van der Waals surface area contributed by atoms with Crippen molar-refractivity contribution in [2.24, 2.45) is 0 Å². The Bertz CT molecular complexity index is 1050. The van der Waals surface area contributed by atoms with Gasteiger partial charge in [-0.05, 0) is 61.6 Å². The summed E-state index contributed by atoms with van der Waals surface area (Å²) in [4.78, 5) is 33.7. The van der Waals surface area contributed by atoms with Crippen LogP contribution in [0.25, 0.3) is 0 Å². The molecule has 1 aromatic carbocycles. The van der Waals surface area contributed by atoms with E-state index in [2.05, 4.69) is 37.1 Å². The van der Waals surface area contributed by atoms with Crippen molar-refractivity contribution in [1.82, 2.24) is 9.88 Å². The van der Waals surface area contributed by atoms with Gasteiger partial charge in [-0.25, -0.2) is 14.7 Å². The van der Waals surface area contributed by atoms with Crippen LogP contribution in [0.3, 0.4) is 0 Å². The lowest BCUT2D eigenvalue weighted by Crippen LogP contribution is -2.43. The van der Waals surface area contributed by atoms with Crippen LogP contribution in [0.4, 0.5) is 16.3 Å². The van der Waals surface area contributed by atoms with Crippen molar-refractivity contribution in [2.45, 2.75) is 71.5 Å². The zero-order chi connectivity index (χ0) is 23.7. The second-order valence-electron chi connectivity index (χ2n) is 9.82. The monoisotopic (exact) mass is 433 g/mol. The number of urea groups is 1. The maximum absolute atomic E-state index is 13.3. The molecule has 7 nitrogen and oxygen atoms in total. The fraction of sp³-hybridized carbons (Fsp3) is 0.440. The van der Waals surface area contributed by atoms with E-state index < -0.39 is 5.54 Å². The summed E-state index contributed by atoms with van der Waals surface area (Å²) in [6, 6.07) is 13.0. The van der Waals surface area contributed by atoms with Crippen molar-refractivity contribution < 1.29 is 9.59 Å². The molecule has 32 heavy (non-hydrogen) atoms. The van der Waals surface area contributed by atoms with E-state index in [1.54, 1.807) is 24.9 Å². The van der Waals surface area contributed by atoms with Crippen LogP contribution >= 0.6 is 0 Å². The highest BCUT2D eigenvalue weighted by Crippen LogP contribution is 2.34. The first kappa shape index (κ1) is 23.3. The average molecular weight is 434 g/mol. The maximum atomic E-state index is 13.3. The molecule has 0 spiro atoms. The van der Waals surface area contributed by atoms with Gasteiger partial charge in [-0.3, -0.25) is 4.79 Å². The van der Waals surface area contributed by atoms with Gasteiger partial charge in [0.15, 0.2) is 0 Å². The van der Waals surface area contributed by atoms with Crippen LogP contribution in [-0.2, 0) is 16.8 Å². The van der Waals surface area contributed by atoms with E-state index in [9.17, 15) is 9.59 Å². The number of imide groups is 1. The lowest BCUT2D eigenvalue weighted by atomic mass is 9.87. The van der Waals surface area contributed by atoms with E-state index in [-0.39, 0.29) is 29.9 Å². The minimum absolute atomic E-state index is 0.0132. The highest BCUT2D eigenvalue weighted by molar-refractivity contribution is 6.22. The number of rotatable bonds is 6. The molecule has 2 aromatic rings. The van der Waals surface area contributed by atoms with Gasteiger partial charge < -0.3 is 10.2 Å². The quantitative estimate of drug-likeness (QED) is 0.659. The van der Waals surface area contributed by atoms with Gasteiger partial charge in [-0.2, -0.15) is 5.26 Å². The number of anilines is 2.